The molecule has 0 heterocycles. The second kappa shape index (κ2) is 1.82. The molecule has 0 aromatic rings. The number of aliphatic hydroxyl groups excluding tert-OH is 1. The maximum absolute atomic E-state index is 9.71. The first-order valence-corrected chi connectivity index (χ1v) is 4.65. The molecule has 1 N–H and O–H groups in total. The Morgan fingerprint density at radius 3 is 2.45 bits per heavy atom. The Balaban J connectivity index is 2.19. The number of rotatable bonds is 0. The third kappa shape index (κ3) is 0.868. The van der Waals surface area contributed by atoms with Crippen LogP contribution in [0.5, 0.6) is 0 Å². The van der Waals surface area contributed by atoms with E-state index in [1.807, 2.05) is 0 Å². The van der Waals surface area contributed by atoms with Gasteiger partial charge in [-0.1, -0.05) is 20.8 Å². The predicted octanol–water partition coefficient (Wildman–Crippen LogP) is 2.19. The molecule has 0 bridgehead atoms. The minimum Gasteiger partial charge on any atom is -0.393 e. The van der Waals surface area contributed by atoms with Gasteiger partial charge in [0.2, 0.25) is 0 Å². The summed E-state index contributed by atoms with van der Waals surface area (Å²) in [7, 11) is 0. The molecule has 0 aliphatic heterocycles. The molecule has 11 heavy (non-hydrogen) atoms. The Bertz CT molecular complexity index is 185. The van der Waals surface area contributed by atoms with E-state index in [2.05, 4.69) is 20.8 Å². The second-order valence-electron chi connectivity index (χ2n) is 5.31. The molecule has 64 valence electrons. The summed E-state index contributed by atoms with van der Waals surface area (Å²) in [5.41, 5.74) is 0.787. The van der Waals surface area contributed by atoms with E-state index in [-0.39, 0.29) is 6.10 Å². The van der Waals surface area contributed by atoms with Crippen LogP contribution in [0, 0.1) is 16.7 Å². The topological polar surface area (TPSA) is 20.2 Å². The van der Waals surface area contributed by atoms with Crippen LogP contribution in [0.15, 0.2) is 0 Å². The standard InChI is InChI=1S/C10H18O/c1-9(2)5-4-8(11)10(3)6-7(9)10/h7-8,11H,4-6H2,1-3H3. The van der Waals surface area contributed by atoms with Crippen molar-refractivity contribution in [2.45, 2.75) is 46.1 Å². The Hall–Kier alpha value is -0.0400. The average molecular weight is 154 g/mol. The first-order chi connectivity index (χ1) is 4.97. The summed E-state index contributed by atoms with van der Waals surface area (Å²) >= 11 is 0. The van der Waals surface area contributed by atoms with Crippen molar-refractivity contribution in [1.29, 1.82) is 0 Å². The van der Waals surface area contributed by atoms with Gasteiger partial charge < -0.3 is 5.11 Å². The van der Waals surface area contributed by atoms with Crippen LogP contribution in [0.4, 0.5) is 0 Å². The van der Waals surface area contributed by atoms with Crippen molar-refractivity contribution in [3.8, 4) is 0 Å². The summed E-state index contributed by atoms with van der Waals surface area (Å²) in [4.78, 5) is 0. The average Bonchev–Trinajstić information content (AvgIpc) is 2.58. The SMILES string of the molecule is CC1(C)CCC(O)C2(C)CC12. The lowest BCUT2D eigenvalue weighted by Crippen LogP contribution is -2.33. The minimum atomic E-state index is -0.0134. The smallest absolute Gasteiger partial charge is 0.0596 e. The van der Waals surface area contributed by atoms with E-state index in [0.29, 0.717) is 10.8 Å². The zero-order valence-electron chi connectivity index (χ0n) is 7.72. The third-order valence-corrected chi connectivity index (χ3v) is 4.05. The van der Waals surface area contributed by atoms with Gasteiger partial charge in [-0.15, -0.1) is 0 Å². The van der Waals surface area contributed by atoms with E-state index >= 15 is 0 Å². The fourth-order valence-electron chi connectivity index (χ4n) is 2.93. The summed E-state index contributed by atoms with van der Waals surface area (Å²) in [5.74, 6) is 0.791. The minimum absolute atomic E-state index is 0.0134. The van der Waals surface area contributed by atoms with Gasteiger partial charge >= 0.3 is 0 Å². The number of hydrogen-bond donors (Lipinski definition) is 1. The van der Waals surface area contributed by atoms with Crippen LogP contribution < -0.4 is 0 Å². The van der Waals surface area contributed by atoms with Gasteiger partial charge in [0.1, 0.15) is 0 Å². The van der Waals surface area contributed by atoms with E-state index in [1.54, 1.807) is 0 Å². The molecule has 0 saturated heterocycles. The second-order valence-corrected chi connectivity index (χ2v) is 5.31. The van der Waals surface area contributed by atoms with Crippen molar-refractivity contribution < 1.29 is 5.11 Å². The monoisotopic (exact) mass is 154 g/mol. The predicted molar refractivity (Wildman–Crippen MR) is 45.2 cm³/mol. The van der Waals surface area contributed by atoms with Gasteiger partial charge in [-0.3, -0.25) is 0 Å². The Morgan fingerprint density at radius 1 is 1.27 bits per heavy atom. The van der Waals surface area contributed by atoms with Gasteiger partial charge in [-0.25, -0.2) is 0 Å². The first kappa shape index (κ1) is 7.60. The molecule has 1 heteroatoms. The molecule has 0 radical (unpaired) electrons. The highest BCUT2D eigenvalue weighted by Gasteiger charge is 2.63. The van der Waals surface area contributed by atoms with Crippen LogP contribution in [-0.4, -0.2) is 11.2 Å². The van der Waals surface area contributed by atoms with Crippen LogP contribution in [0.1, 0.15) is 40.0 Å². The number of aliphatic hydroxyl groups is 1. The molecule has 3 atom stereocenters. The molecule has 0 aromatic heterocycles. The van der Waals surface area contributed by atoms with E-state index in [0.717, 1.165) is 12.3 Å². The lowest BCUT2D eigenvalue weighted by atomic mass is 9.71. The van der Waals surface area contributed by atoms with Crippen molar-refractivity contribution >= 4 is 0 Å². The van der Waals surface area contributed by atoms with Crippen molar-refractivity contribution in [2.24, 2.45) is 16.7 Å². The van der Waals surface area contributed by atoms with E-state index in [1.165, 1.54) is 12.8 Å². The van der Waals surface area contributed by atoms with Gasteiger partial charge in [0.05, 0.1) is 6.10 Å². The van der Waals surface area contributed by atoms with Gasteiger partial charge in [-0.2, -0.15) is 0 Å². The first-order valence-electron chi connectivity index (χ1n) is 4.65. The fourth-order valence-corrected chi connectivity index (χ4v) is 2.93. The fraction of sp³-hybridized carbons (Fsp3) is 1.00. The van der Waals surface area contributed by atoms with Gasteiger partial charge in [0.15, 0.2) is 0 Å². The van der Waals surface area contributed by atoms with Crippen molar-refractivity contribution in [3.05, 3.63) is 0 Å². The molecule has 1 nitrogen and oxygen atoms in total. The molecule has 3 unspecified atom stereocenters. The molecule has 2 aliphatic carbocycles. The third-order valence-electron chi connectivity index (χ3n) is 4.05. The molecule has 2 aliphatic rings. The maximum Gasteiger partial charge on any atom is 0.0596 e. The maximum atomic E-state index is 9.71. The van der Waals surface area contributed by atoms with Crippen LogP contribution in [0.2, 0.25) is 0 Å². The summed E-state index contributed by atoms with van der Waals surface area (Å²) in [6, 6.07) is 0. The van der Waals surface area contributed by atoms with Gasteiger partial charge in [0, 0.05) is 0 Å². The zero-order chi connectivity index (χ0) is 8.28. The van der Waals surface area contributed by atoms with E-state index < -0.39 is 0 Å². The van der Waals surface area contributed by atoms with Crippen LogP contribution in [-0.2, 0) is 0 Å². The van der Waals surface area contributed by atoms with Crippen LogP contribution in [0.3, 0.4) is 0 Å². The van der Waals surface area contributed by atoms with Gasteiger partial charge in [-0.05, 0) is 36.0 Å². The van der Waals surface area contributed by atoms with Crippen molar-refractivity contribution in [2.75, 3.05) is 0 Å². The highest BCUT2D eigenvalue weighted by atomic mass is 16.3. The summed E-state index contributed by atoms with van der Waals surface area (Å²) in [6.45, 7) is 6.92. The highest BCUT2D eigenvalue weighted by Crippen LogP contribution is 2.67. The molecular weight excluding hydrogens is 136 g/mol. The quantitative estimate of drug-likeness (QED) is 0.567. The number of hydrogen-bond acceptors (Lipinski definition) is 1. The van der Waals surface area contributed by atoms with Crippen molar-refractivity contribution in [3.63, 3.8) is 0 Å². The highest BCUT2D eigenvalue weighted by molar-refractivity contribution is 5.12. The molecule has 0 amide bonds. The number of fused-ring (bicyclic) bond motifs is 1. The Labute approximate surface area is 68.8 Å². The zero-order valence-corrected chi connectivity index (χ0v) is 7.72. The summed E-state index contributed by atoms with van der Waals surface area (Å²) < 4.78 is 0. The Kier molecular flexibility index (Phi) is 1.26. The molecule has 2 rings (SSSR count). The lowest BCUT2D eigenvalue weighted by Gasteiger charge is -2.36. The Morgan fingerprint density at radius 2 is 1.91 bits per heavy atom. The lowest BCUT2D eigenvalue weighted by molar-refractivity contribution is 0.0216. The largest absolute Gasteiger partial charge is 0.393 e. The van der Waals surface area contributed by atoms with E-state index in [4.69, 9.17) is 0 Å². The normalized spacial score (nSPS) is 53.5. The summed E-state index contributed by atoms with van der Waals surface area (Å²) in [5, 5.41) is 9.71. The molecule has 0 spiro atoms. The molecular formula is C10H18O. The molecule has 2 saturated carbocycles. The molecule has 2 fully saturated rings. The van der Waals surface area contributed by atoms with Gasteiger partial charge in [0.25, 0.3) is 0 Å². The summed E-state index contributed by atoms with van der Waals surface area (Å²) in [6.07, 6.45) is 3.45. The van der Waals surface area contributed by atoms with E-state index in [9.17, 15) is 5.11 Å². The van der Waals surface area contributed by atoms with Crippen molar-refractivity contribution in [1.82, 2.24) is 0 Å². The van der Waals surface area contributed by atoms with Crippen LogP contribution >= 0.6 is 0 Å². The molecule has 0 aromatic carbocycles. The van der Waals surface area contributed by atoms with Crippen LogP contribution in [0.25, 0.3) is 0 Å².